The summed E-state index contributed by atoms with van der Waals surface area (Å²) in [6.45, 7) is 0. The van der Waals surface area contributed by atoms with Crippen LogP contribution in [0.15, 0.2) is 42.5 Å². The predicted octanol–water partition coefficient (Wildman–Crippen LogP) is 4.26. The van der Waals surface area contributed by atoms with Gasteiger partial charge in [0.05, 0.1) is 27.0 Å². The SMILES string of the molecule is COc1ccc(-c2c(C#N)c(N)nc3sc(C(=O)c4ccc(OC)c(OC)c4)c(N)c23)cc1. The molecule has 166 valence electrons. The highest BCUT2D eigenvalue weighted by atomic mass is 32.1. The van der Waals surface area contributed by atoms with Crippen molar-refractivity contribution in [3.63, 3.8) is 0 Å². The number of nitrogens with two attached hydrogens (primary N) is 2. The largest absolute Gasteiger partial charge is 0.497 e. The van der Waals surface area contributed by atoms with Gasteiger partial charge in [-0.3, -0.25) is 4.79 Å². The molecule has 0 amide bonds. The number of nitrogen functional groups attached to an aromatic ring is 2. The Labute approximate surface area is 193 Å². The summed E-state index contributed by atoms with van der Waals surface area (Å²) in [4.78, 5) is 18.5. The third-order valence-corrected chi connectivity index (χ3v) is 6.35. The lowest BCUT2D eigenvalue weighted by Gasteiger charge is -2.10. The van der Waals surface area contributed by atoms with Crippen LogP contribution >= 0.6 is 11.3 Å². The lowest BCUT2D eigenvalue weighted by Crippen LogP contribution is -2.03. The monoisotopic (exact) mass is 460 g/mol. The Hall–Kier alpha value is -4.29. The van der Waals surface area contributed by atoms with Crippen molar-refractivity contribution in [2.24, 2.45) is 0 Å². The number of pyridine rings is 1. The summed E-state index contributed by atoms with van der Waals surface area (Å²) in [6, 6.07) is 14.2. The number of benzene rings is 2. The van der Waals surface area contributed by atoms with Gasteiger partial charge in [-0.25, -0.2) is 4.98 Å². The van der Waals surface area contributed by atoms with E-state index in [-0.39, 0.29) is 22.9 Å². The van der Waals surface area contributed by atoms with Crippen molar-refractivity contribution < 1.29 is 19.0 Å². The fourth-order valence-corrected chi connectivity index (χ4v) is 4.68. The van der Waals surface area contributed by atoms with Gasteiger partial charge in [0.1, 0.15) is 32.9 Å². The van der Waals surface area contributed by atoms with E-state index in [2.05, 4.69) is 11.1 Å². The number of nitrogens with zero attached hydrogens (tertiary/aromatic N) is 2. The molecular weight excluding hydrogens is 440 g/mol. The molecule has 4 rings (SSSR count). The molecule has 0 atom stereocenters. The average molecular weight is 461 g/mol. The maximum absolute atomic E-state index is 13.4. The zero-order valence-corrected chi connectivity index (χ0v) is 18.9. The van der Waals surface area contributed by atoms with E-state index in [1.54, 1.807) is 49.6 Å². The molecule has 0 aliphatic rings. The minimum absolute atomic E-state index is 0.0715. The van der Waals surface area contributed by atoms with E-state index in [9.17, 15) is 10.1 Å². The van der Waals surface area contributed by atoms with E-state index < -0.39 is 0 Å². The number of rotatable bonds is 6. The van der Waals surface area contributed by atoms with Crippen molar-refractivity contribution in [2.45, 2.75) is 0 Å². The Bertz CT molecular complexity index is 1420. The number of carbonyl (C=O) groups is 1. The van der Waals surface area contributed by atoms with E-state index in [0.717, 1.165) is 11.3 Å². The quantitative estimate of drug-likeness (QED) is 0.408. The van der Waals surface area contributed by atoms with Gasteiger partial charge in [0, 0.05) is 16.5 Å². The summed E-state index contributed by atoms with van der Waals surface area (Å²) in [5.41, 5.74) is 14.6. The van der Waals surface area contributed by atoms with Gasteiger partial charge in [-0.15, -0.1) is 11.3 Å². The van der Waals surface area contributed by atoms with Crippen molar-refractivity contribution in [1.29, 1.82) is 5.26 Å². The Morgan fingerprint density at radius 1 is 1.00 bits per heavy atom. The normalized spacial score (nSPS) is 10.6. The van der Waals surface area contributed by atoms with Gasteiger partial charge in [-0.2, -0.15) is 5.26 Å². The molecule has 0 aliphatic heterocycles. The highest BCUT2D eigenvalue weighted by Gasteiger charge is 2.25. The molecule has 2 aromatic carbocycles. The molecule has 0 bridgehead atoms. The first-order valence-electron chi connectivity index (χ1n) is 9.76. The topological polar surface area (TPSA) is 133 Å². The van der Waals surface area contributed by atoms with Crippen LogP contribution in [0.1, 0.15) is 20.8 Å². The first-order valence-corrected chi connectivity index (χ1v) is 10.6. The van der Waals surface area contributed by atoms with Gasteiger partial charge in [0.15, 0.2) is 11.5 Å². The van der Waals surface area contributed by atoms with Gasteiger partial charge in [0.25, 0.3) is 0 Å². The number of hydrogen-bond donors (Lipinski definition) is 2. The molecule has 2 aromatic heterocycles. The maximum Gasteiger partial charge on any atom is 0.205 e. The number of nitriles is 1. The number of anilines is 2. The summed E-state index contributed by atoms with van der Waals surface area (Å²) >= 11 is 1.13. The second-order valence-corrected chi connectivity index (χ2v) is 8.01. The molecule has 9 heteroatoms. The van der Waals surface area contributed by atoms with Crippen molar-refractivity contribution in [1.82, 2.24) is 4.98 Å². The van der Waals surface area contributed by atoms with Crippen molar-refractivity contribution in [2.75, 3.05) is 32.8 Å². The highest BCUT2D eigenvalue weighted by molar-refractivity contribution is 7.21. The summed E-state index contributed by atoms with van der Waals surface area (Å²) < 4.78 is 15.8. The first kappa shape index (κ1) is 21.9. The van der Waals surface area contributed by atoms with Crippen molar-refractivity contribution in [3.05, 3.63) is 58.5 Å². The van der Waals surface area contributed by atoms with Crippen LogP contribution in [0.2, 0.25) is 0 Å². The van der Waals surface area contributed by atoms with Crippen LogP contribution in [0.25, 0.3) is 21.3 Å². The van der Waals surface area contributed by atoms with Crippen LogP contribution in [-0.2, 0) is 0 Å². The van der Waals surface area contributed by atoms with Gasteiger partial charge in [-0.1, -0.05) is 12.1 Å². The third-order valence-electron chi connectivity index (χ3n) is 5.25. The Morgan fingerprint density at radius 2 is 1.70 bits per heavy atom. The van der Waals surface area contributed by atoms with E-state index in [4.69, 9.17) is 25.7 Å². The molecule has 0 radical (unpaired) electrons. The molecule has 0 fully saturated rings. The van der Waals surface area contributed by atoms with Gasteiger partial charge < -0.3 is 25.7 Å². The summed E-state index contributed by atoms with van der Waals surface area (Å²) in [7, 11) is 4.59. The number of methoxy groups -OCH3 is 3. The molecule has 33 heavy (non-hydrogen) atoms. The number of carbonyl (C=O) groups excluding carboxylic acids is 1. The van der Waals surface area contributed by atoms with Crippen LogP contribution < -0.4 is 25.7 Å². The molecule has 4 aromatic rings. The summed E-state index contributed by atoms with van der Waals surface area (Å²) in [5.74, 6) is 1.37. The maximum atomic E-state index is 13.4. The van der Waals surface area contributed by atoms with Crippen LogP contribution in [0.3, 0.4) is 0 Å². The molecule has 0 saturated heterocycles. The molecule has 0 unspecified atom stereocenters. The standard InChI is InChI=1S/C24H20N4O4S/c1-30-14-7-4-12(5-8-14)18-15(11-25)23(27)28-24-19(18)20(26)22(33-24)21(29)13-6-9-16(31-2)17(10-13)32-3/h4-10H,26H2,1-3H3,(H2,27,28). The molecule has 0 spiro atoms. The molecule has 4 N–H and O–H groups in total. The lowest BCUT2D eigenvalue weighted by atomic mass is 9.96. The van der Waals surface area contributed by atoms with Crippen LogP contribution in [0, 0.1) is 11.3 Å². The second kappa shape index (κ2) is 8.68. The number of hydrogen-bond acceptors (Lipinski definition) is 9. The van der Waals surface area contributed by atoms with Gasteiger partial charge >= 0.3 is 0 Å². The van der Waals surface area contributed by atoms with E-state index >= 15 is 0 Å². The lowest BCUT2D eigenvalue weighted by molar-refractivity contribution is 0.104. The second-order valence-electron chi connectivity index (χ2n) is 7.01. The highest BCUT2D eigenvalue weighted by Crippen LogP contribution is 2.43. The Morgan fingerprint density at radius 3 is 2.30 bits per heavy atom. The average Bonchev–Trinajstić information content (AvgIpc) is 3.17. The van der Waals surface area contributed by atoms with E-state index in [1.807, 2.05) is 0 Å². The van der Waals surface area contributed by atoms with Crippen LogP contribution in [0.5, 0.6) is 17.2 Å². The number of thiophene rings is 1. The predicted molar refractivity (Wildman–Crippen MR) is 128 cm³/mol. The molecule has 2 heterocycles. The molecule has 8 nitrogen and oxygen atoms in total. The summed E-state index contributed by atoms with van der Waals surface area (Å²) in [5, 5.41) is 10.3. The van der Waals surface area contributed by atoms with Crippen LogP contribution in [0.4, 0.5) is 11.5 Å². The number of aromatic nitrogens is 1. The van der Waals surface area contributed by atoms with E-state index in [0.29, 0.717) is 49.0 Å². The Kier molecular flexibility index (Phi) is 5.77. The first-order chi connectivity index (χ1) is 15.9. The number of ether oxygens (including phenoxy) is 3. The molecular formula is C24H20N4O4S. The van der Waals surface area contributed by atoms with Crippen molar-refractivity contribution >= 4 is 38.8 Å². The zero-order valence-electron chi connectivity index (χ0n) is 18.1. The Balaban J connectivity index is 1.93. The minimum Gasteiger partial charge on any atom is -0.497 e. The number of ketones is 1. The fraction of sp³-hybridized carbons (Fsp3) is 0.125. The fourth-order valence-electron chi connectivity index (χ4n) is 3.61. The van der Waals surface area contributed by atoms with E-state index in [1.165, 1.54) is 14.2 Å². The molecule has 0 saturated carbocycles. The minimum atomic E-state index is -0.297. The zero-order chi connectivity index (χ0) is 23.7. The van der Waals surface area contributed by atoms with Crippen molar-refractivity contribution in [3.8, 4) is 34.4 Å². The summed E-state index contributed by atoms with van der Waals surface area (Å²) in [6.07, 6.45) is 0. The van der Waals surface area contributed by atoms with Gasteiger partial charge in [-0.05, 0) is 35.9 Å². The third kappa shape index (κ3) is 3.66. The molecule has 0 aliphatic carbocycles. The smallest absolute Gasteiger partial charge is 0.205 e. The van der Waals surface area contributed by atoms with Crippen LogP contribution in [-0.4, -0.2) is 32.1 Å². The number of fused-ring (bicyclic) bond motifs is 1. The van der Waals surface area contributed by atoms with Gasteiger partial charge in [0.2, 0.25) is 5.78 Å².